The van der Waals surface area contributed by atoms with Crippen LogP contribution in [0.25, 0.3) is 11.0 Å². The summed E-state index contributed by atoms with van der Waals surface area (Å²) in [6, 6.07) is 14.5. The van der Waals surface area contributed by atoms with Crippen molar-refractivity contribution in [3.8, 4) is 5.75 Å². The van der Waals surface area contributed by atoms with Gasteiger partial charge in [0.25, 0.3) is 5.91 Å². The van der Waals surface area contributed by atoms with E-state index in [0.717, 1.165) is 24.0 Å². The summed E-state index contributed by atoms with van der Waals surface area (Å²) in [6.45, 7) is 4.22. The van der Waals surface area contributed by atoms with Crippen molar-refractivity contribution in [2.45, 2.75) is 26.8 Å². The molecule has 0 spiro atoms. The number of rotatable bonds is 7. The molecule has 1 aromatic heterocycles. The predicted octanol–water partition coefficient (Wildman–Crippen LogP) is 3.67. The Morgan fingerprint density at radius 1 is 1.12 bits per heavy atom. The first-order valence-corrected chi connectivity index (χ1v) is 8.57. The van der Waals surface area contributed by atoms with Crippen LogP contribution in [0.1, 0.15) is 30.6 Å². The van der Waals surface area contributed by atoms with Crippen LogP contribution in [0.2, 0.25) is 0 Å². The van der Waals surface area contributed by atoms with Gasteiger partial charge in [-0.05, 0) is 49.7 Å². The van der Waals surface area contributed by atoms with Crippen LogP contribution in [0, 0.1) is 0 Å². The molecular formula is C20H21N3O3. The van der Waals surface area contributed by atoms with Gasteiger partial charge >= 0.3 is 0 Å². The average molecular weight is 351 g/mol. The Bertz CT molecular complexity index is 929. The Morgan fingerprint density at radius 3 is 2.54 bits per heavy atom. The number of carbonyl (C=O) groups excluding carboxylic acids is 2. The van der Waals surface area contributed by atoms with E-state index in [-0.39, 0.29) is 18.3 Å². The van der Waals surface area contributed by atoms with Gasteiger partial charge in [-0.2, -0.15) is 0 Å². The van der Waals surface area contributed by atoms with E-state index in [4.69, 9.17) is 4.74 Å². The monoisotopic (exact) mass is 351 g/mol. The lowest BCUT2D eigenvalue weighted by Gasteiger charge is -2.10. The largest absolute Gasteiger partial charge is 0.484 e. The molecule has 3 rings (SSSR count). The maximum Gasteiger partial charge on any atom is 0.264 e. The summed E-state index contributed by atoms with van der Waals surface area (Å²) in [5.41, 5.74) is 2.44. The molecule has 0 aliphatic rings. The minimum Gasteiger partial charge on any atom is -0.484 e. The van der Waals surface area contributed by atoms with Crippen molar-refractivity contribution in [3.05, 3.63) is 54.1 Å². The molecular weight excluding hydrogens is 330 g/mol. The normalized spacial score (nSPS) is 10.7. The zero-order valence-electron chi connectivity index (χ0n) is 14.9. The van der Waals surface area contributed by atoms with Gasteiger partial charge in [-0.3, -0.25) is 14.9 Å². The lowest BCUT2D eigenvalue weighted by molar-refractivity contribution is -0.118. The van der Waals surface area contributed by atoms with Crippen molar-refractivity contribution in [2.75, 3.05) is 11.9 Å². The highest BCUT2D eigenvalue weighted by Gasteiger charge is 2.13. The number of benzene rings is 2. The van der Waals surface area contributed by atoms with Crippen LogP contribution >= 0.6 is 0 Å². The molecule has 6 nitrogen and oxygen atoms in total. The van der Waals surface area contributed by atoms with E-state index in [2.05, 4.69) is 17.2 Å². The summed E-state index contributed by atoms with van der Waals surface area (Å²) >= 11 is 0. The second kappa shape index (κ2) is 7.82. The number of para-hydroxylation sites is 2. The number of ether oxygens (including phenoxy) is 1. The number of hydrogen-bond acceptors (Lipinski definition) is 4. The van der Waals surface area contributed by atoms with Crippen LogP contribution in [0.15, 0.2) is 48.5 Å². The van der Waals surface area contributed by atoms with Crippen molar-refractivity contribution >= 4 is 28.7 Å². The van der Waals surface area contributed by atoms with Crippen molar-refractivity contribution in [3.63, 3.8) is 0 Å². The smallest absolute Gasteiger partial charge is 0.264 e. The summed E-state index contributed by atoms with van der Waals surface area (Å²) in [5.74, 6) is 0.762. The van der Waals surface area contributed by atoms with E-state index in [1.165, 1.54) is 6.92 Å². The quantitative estimate of drug-likeness (QED) is 0.659. The van der Waals surface area contributed by atoms with Crippen molar-refractivity contribution in [1.82, 2.24) is 9.55 Å². The van der Waals surface area contributed by atoms with Crippen molar-refractivity contribution in [2.24, 2.45) is 0 Å². The van der Waals surface area contributed by atoms with Gasteiger partial charge in [-0.1, -0.05) is 19.1 Å². The topological polar surface area (TPSA) is 73.2 Å². The number of ketones is 1. The average Bonchev–Trinajstić information content (AvgIpc) is 2.98. The molecule has 0 fully saturated rings. The van der Waals surface area contributed by atoms with Gasteiger partial charge in [0, 0.05) is 12.1 Å². The van der Waals surface area contributed by atoms with Crippen LogP contribution in [0.5, 0.6) is 5.75 Å². The van der Waals surface area contributed by atoms with Crippen LogP contribution < -0.4 is 10.1 Å². The van der Waals surface area contributed by atoms with Crippen LogP contribution in [-0.4, -0.2) is 27.8 Å². The molecule has 6 heteroatoms. The number of amides is 1. The predicted molar refractivity (Wildman–Crippen MR) is 101 cm³/mol. The van der Waals surface area contributed by atoms with Gasteiger partial charge in [0.1, 0.15) is 5.75 Å². The molecule has 0 bridgehead atoms. The Balaban J connectivity index is 1.67. The van der Waals surface area contributed by atoms with E-state index < -0.39 is 0 Å². The third-order valence-electron chi connectivity index (χ3n) is 3.98. The minimum absolute atomic E-state index is 0.0101. The van der Waals surface area contributed by atoms with E-state index >= 15 is 0 Å². The summed E-state index contributed by atoms with van der Waals surface area (Å²) in [5, 5.41) is 2.82. The maximum atomic E-state index is 12.3. The van der Waals surface area contributed by atoms with Gasteiger partial charge in [0.15, 0.2) is 12.4 Å². The summed E-state index contributed by atoms with van der Waals surface area (Å²) in [6.07, 6.45) is 0.933. The van der Waals surface area contributed by atoms with E-state index in [0.29, 0.717) is 17.3 Å². The molecule has 0 aliphatic heterocycles. The number of fused-ring (bicyclic) bond motifs is 1. The number of hydrogen-bond donors (Lipinski definition) is 1. The minimum atomic E-state index is -0.284. The Hall–Kier alpha value is -3.15. The van der Waals surface area contributed by atoms with Crippen LogP contribution in [0.3, 0.4) is 0 Å². The van der Waals surface area contributed by atoms with Crippen LogP contribution in [-0.2, 0) is 11.3 Å². The number of aryl methyl sites for hydroxylation is 1. The molecule has 2 aromatic carbocycles. The standard InChI is InChI=1S/C20H21N3O3/c1-3-12-23-18-7-5-4-6-17(18)21-20(23)22-19(25)13-26-16-10-8-15(9-11-16)14(2)24/h4-11H,3,12-13H2,1-2H3,(H,21,22,25). The first kappa shape index (κ1) is 17.7. The van der Waals surface area contributed by atoms with Crippen molar-refractivity contribution < 1.29 is 14.3 Å². The third kappa shape index (κ3) is 3.91. The Labute approximate surface area is 151 Å². The van der Waals surface area contributed by atoms with Crippen LogP contribution in [0.4, 0.5) is 5.95 Å². The molecule has 0 saturated heterocycles. The second-order valence-electron chi connectivity index (χ2n) is 5.99. The number of aromatic nitrogens is 2. The first-order valence-electron chi connectivity index (χ1n) is 8.57. The molecule has 1 N–H and O–H groups in total. The fraction of sp³-hybridized carbons (Fsp3) is 0.250. The number of imidazole rings is 1. The zero-order chi connectivity index (χ0) is 18.5. The van der Waals surface area contributed by atoms with E-state index in [9.17, 15) is 9.59 Å². The molecule has 3 aromatic rings. The lowest BCUT2D eigenvalue weighted by atomic mass is 10.1. The van der Waals surface area contributed by atoms with Gasteiger partial charge in [-0.15, -0.1) is 0 Å². The third-order valence-corrected chi connectivity index (χ3v) is 3.98. The molecule has 1 amide bonds. The number of anilines is 1. The fourth-order valence-electron chi connectivity index (χ4n) is 2.72. The molecule has 0 aliphatic carbocycles. The van der Waals surface area contributed by atoms with Gasteiger partial charge in [0.2, 0.25) is 5.95 Å². The number of nitrogens with zero attached hydrogens (tertiary/aromatic N) is 2. The van der Waals surface area contributed by atoms with E-state index in [1.807, 2.05) is 28.8 Å². The lowest BCUT2D eigenvalue weighted by Crippen LogP contribution is -2.22. The molecule has 26 heavy (non-hydrogen) atoms. The summed E-state index contributed by atoms with van der Waals surface area (Å²) in [7, 11) is 0. The maximum absolute atomic E-state index is 12.3. The van der Waals surface area contributed by atoms with Gasteiger partial charge in [0.05, 0.1) is 11.0 Å². The zero-order valence-corrected chi connectivity index (χ0v) is 14.9. The summed E-state index contributed by atoms with van der Waals surface area (Å²) < 4.78 is 7.48. The molecule has 0 unspecified atom stereocenters. The van der Waals surface area contributed by atoms with Gasteiger partial charge < -0.3 is 9.30 Å². The second-order valence-corrected chi connectivity index (χ2v) is 5.99. The number of Topliss-reactive ketones (excluding diaryl/α,β-unsaturated/α-hetero) is 1. The molecule has 0 radical (unpaired) electrons. The highest BCUT2D eigenvalue weighted by Crippen LogP contribution is 2.20. The Kier molecular flexibility index (Phi) is 5.31. The highest BCUT2D eigenvalue weighted by atomic mass is 16.5. The Morgan fingerprint density at radius 2 is 1.85 bits per heavy atom. The van der Waals surface area contributed by atoms with Gasteiger partial charge in [-0.25, -0.2) is 4.98 Å². The molecule has 1 heterocycles. The number of nitrogens with one attached hydrogen (secondary N) is 1. The van der Waals surface area contributed by atoms with E-state index in [1.54, 1.807) is 24.3 Å². The summed E-state index contributed by atoms with van der Waals surface area (Å²) in [4.78, 5) is 28.0. The highest BCUT2D eigenvalue weighted by molar-refractivity contribution is 5.94. The molecule has 0 saturated carbocycles. The molecule has 134 valence electrons. The molecule has 0 atom stereocenters. The van der Waals surface area contributed by atoms with Crippen molar-refractivity contribution in [1.29, 1.82) is 0 Å². The SMILES string of the molecule is CCCn1c(NC(=O)COc2ccc(C(C)=O)cc2)nc2ccccc21. The number of carbonyl (C=O) groups is 2. The fourth-order valence-corrected chi connectivity index (χ4v) is 2.72. The first-order chi connectivity index (χ1) is 12.6.